The summed E-state index contributed by atoms with van der Waals surface area (Å²) >= 11 is 0.811. The molecule has 0 radical (unpaired) electrons. The van der Waals surface area contributed by atoms with Crippen molar-refractivity contribution in [3.05, 3.63) is 36.4 Å². The van der Waals surface area contributed by atoms with E-state index in [2.05, 4.69) is 21.4 Å². The topological polar surface area (TPSA) is 97.7 Å². The molecule has 0 saturated carbocycles. The molecular weight excluding hydrogens is 389 g/mol. The monoisotopic (exact) mass is 397 g/mol. The van der Waals surface area contributed by atoms with Crippen LogP contribution in [-0.2, 0) is 10.0 Å². The summed E-state index contributed by atoms with van der Waals surface area (Å²) in [6.07, 6.45) is 0. The second-order valence-electron chi connectivity index (χ2n) is 4.46. The molecule has 0 fully saturated rings. The number of rotatable bonds is 3. The third kappa shape index (κ3) is 2.30. The van der Waals surface area contributed by atoms with E-state index in [0.29, 0.717) is 22.2 Å². The summed E-state index contributed by atoms with van der Waals surface area (Å²) in [5.74, 6) is 0. The van der Waals surface area contributed by atoms with Crippen molar-refractivity contribution >= 4 is 64.5 Å². The Hall–Kier alpha value is -1.87. The Morgan fingerprint density at radius 2 is 1.86 bits per heavy atom. The Labute approximate surface area is 135 Å². The van der Waals surface area contributed by atoms with Crippen molar-refractivity contribution in [2.45, 2.75) is 4.90 Å². The standard InChI is InChI=1S/C12H7N5O2S2Se/c18-21(19,11-3-1-2-9-12(11)17-22-16-9)15-7-4-5-8-10(6-7)14-20-13-8/h1-6,15H. The third-order valence-corrected chi connectivity index (χ3v) is 6.15. The molecule has 0 bridgehead atoms. The van der Waals surface area contributed by atoms with E-state index in [1.165, 1.54) is 6.07 Å². The van der Waals surface area contributed by atoms with E-state index in [-0.39, 0.29) is 19.9 Å². The first-order valence-electron chi connectivity index (χ1n) is 6.10. The van der Waals surface area contributed by atoms with Crippen LogP contribution in [0, 0.1) is 0 Å². The molecule has 0 atom stereocenters. The molecule has 0 spiro atoms. The van der Waals surface area contributed by atoms with Gasteiger partial charge in [0.05, 0.1) is 0 Å². The van der Waals surface area contributed by atoms with E-state index in [1.54, 1.807) is 30.3 Å². The van der Waals surface area contributed by atoms with Crippen molar-refractivity contribution in [3.8, 4) is 0 Å². The molecule has 0 saturated heterocycles. The van der Waals surface area contributed by atoms with Gasteiger partial charge in [0, 0.05) is 0 Å². The minimum atomic E-state index is -3.73. The van der Waals surface area contributed by atoms with Crippen molar-refractivity contribution in [1.29, 1.82) is 0 Å². The van der Waals surface area contributed by atoms with Gasteiger partial charge in [0.15, 0.2) is 0 Å². The molecule has 2 heterocycles. The molecule has 22 heavy (non-hydrogen) atoms. The predicted octanol–water partition coefficient (Wildman–Crippen LogP) is 1.49. The van der Waals surface area contributed by atoms with Crippen molar-refractivity contribution in [2.75, 3.05) is 4.72 Å². The van der Waals surface area contributed by atoms with Gasteiger partial charge in [0.1, 0.15) is 0 Å². The fourth-order valence-electron chi connectivity index (χ4n) is 2.05. The quantitative estimate of drug-likeness (QED) is 0.527. The zero-order chi connectivity index (χ0) is 15.2. The van der Waals surface area contributed by atoms with Crippen LogP contribution in [0.2, 0.25) is 0 Å². The van der Waals surface area contributed by atoms with Gasteiger partial charge in [-0.05, 0) is 0 Å². The van der Waals surface area contributed by atoms with Gasteiger partial charge in [0.25, 0.3) is 0 Å². The van der Waals surface area contributed by atoms with Gasteiger partial charge in [-0.15, -0.1) is 0 Å². The van der Waals surface area contributed by atoms with Crippen molar-refractivity contribution in [3.63, 3.8) is 0 Å². The summed E-state index contributed by atoms with van der Waals surface area (Å²) in [6, 6.07) is 10.0. The molecule has 0 aliphatic rings. The van der Waals surface area contributed by atoms with Gasteiger partial charge >= 0.3 is 136 Å². The SMILES string of the molecule is O=S(=O)(Nc1ccc2nsnc2c1)c1cccc2n[se]nc12. The Balaban J connectivity index is 1.78. The molecule has 0 unspecified atom stereocenters. The first-order chi connectivity index (χ1) is 10.6. The number of nitrogens with zero attached hydrogens (tertiary/aromatic N) is 4. The molecule has 2 aromatic heterocycles. The molecular formula is C12H7N5O2S2Se. The zero-order valence-electron chi connectivity index (χ0n) is 10.8. The molecule has 0 aliphatic carbocycles. The Kier molecular flexibility index (Phi) is 3.19. The molecule has 1 N–H and O–H groups in total. The second-order valence-corrected chi connectivity index (χ2v) is 7.75. The summed E-state index contributed by atoms with van der Waals surface area (Å²) in [4.78, 5) is 0.143. The van der Waals surface area contributed by atoms with Gasteiger partial charge < -0.3 is 0 Å². The molecule has 0 amide bonds. The van der Waals surface area contributed by atoms with Gasteiger partial charge in [-0.25, -0.2) is 0 Å². The fourth-order valence-corrected chi connectivity index (χ4v) is 5.06. The maximum atomic E-state index is 12.6. The fraction of sp³-hybridized carbons (Fsp3) is 0. The molecule has 0 aliphatic heterocycles. The summed E-state index contributed by atoms with van der Waals surface area (Å²) in [6.45, 7) is 0. The number of nitrogens with one attached hydrogen (secondary N) is 1. The van der Waals surface area contributed by atoms with Crippen LogP contribution in [0.5, 0.6) is 0 Å². The van der Waals surface area contributed by atoms with Crippen molar-refractivity contribution in [2.24, 2.45) is 0 Å². The van der Waals surface area contributed by atoms with E-state index >= 15 is 0 Å². The van der Waals surface area contributed by atoms with E-state index < -0.39 is 10.0 Å². The molecule has 10 heteroatoms. The number of sulfonamides is 1. The molecule has 2 aromatic carbocycles. The van der Waals surface area contributed by atoms with Crippen LogP contribution >= 0.6 is 11.7 Å². The number of aromatic nitrogens is 4. The third-order valence-electron chi connectivity index (χ3n) is 3.04. The van der Waals surface area contributed by atoms with Crippen molar-refractivity contribution < 1.29 is 8.42 Å². The number of hydrogen-bond donors (Lipinski definition) is 1. The van der Waals surface area contributed by atoms with E-state index in [9.17, 15) is 8.42 Å². The maximum absolute atomic E-state index is 12.6. The van der Waals surface area contributed by atoms with Crippen LogP contribution in [0.4, 0.5) is 5.69 Å². The number of anilines is 1. The van der Waals surface area contributed by atoms with Crippen LogP contribution in [0.25, 0.3) is 22.1 Å². The molecule has 4 aromatic rings. The van der Waals surface area contributed by atoms with Crippen LogP contribution in [0.15, 0.2) is 41.3 Å². The summed E-state index contributed by atoms with van der Waals surface area (Å²) in [5, 5.41) is 0. The van der Waals surface area contributed by atoms with E-state index in [4.69, 9.17) is 0 Å². The van der Waals surface area contributed by atoms with Crippen molar-refractivity contribution in [1.82, 2.24) is 16.7 Å². The molecule has 110 valence electrons. The minimum absolute atomic E-state index is 0.143. The first-order valence-corrected chi connectivity index (χ1v) is 9.84. The predicted molar refractivity (Wildman–Crippen MR) is 84.7 cm³/mol. The number of hydrogen-bond acceptors (Lipinski definition) is 7. The van der Waals surface area contributed by atoms with Gasteiger partial charge in [-0.2, -0.15) is 0 Å². The van der Waals surface area contributed by atoms with Crippen LogP contribution in [0.1, 0.15) is 0 Å². The summed E-state index contributed by atoms with van der Waals surface area (Å²) < 4.78 is 44.4. The summed E-state index contributed by atoms with van der Waals surface area (Å²) in [7, 11) is -3.73. The van der Waals surface area contributed by atoms with Gasteiger partial charge in [0.2, 0.25) is 0 Å². The number of fused-ring (bicyclic) bond motifs is 2. The van der Waals surface area contributed by atoms with E-state index in [1.807, 2.05) is 0 Å². The van der Waals surface area contributed by atoms with Crippen LogP contribution < -0.4 is 4.72 Å². The Bertz CT molecular complexity index is 1090. The van der Waals surface area contributed by atoms with Crippen LogP contribution in [-0.4, -0.2) is 40.1 Å². The van der Waals surface area contributed by atoms with Gasteiger partial charge in [-0.1, -0.05) is 0 Å². The average Bonchev–Trinajstić information content (AvgIpc) is 3.14. The normalized spacial score (nSPS) is 12.0. The Morgan fingerprint density at radius 3 is 2.77 bits per heavy atom. The Morgan fingerprint density at radius 1 is 1.00 bits per heavy atom. The summed E-state index contributed by atoms with van der Waals surface area (Å²) in [5.41, 5.74) is 2.91. The van der Waals surface area contributed by atoms with Crippen LogP contribution in [0.3, 0.4) is 0 Å². The van der Waals surface area contributed by atoms with Gasteiger partial charge in [-0.3, -0.25) is 0 Å². The second kappa shape index (κ2) is 5.09. The zero-order valence-corrected chi connectivity index (χ0v) is 14.1. The molecule has 7 nitrogen and oxygen atoms in total. The average molecular weight is 396 g/mol. The number of benzene rings is 2. The molecule has 4 rings (SSSR count). The first kappa shape index (κ1) is 13.8. The van der Waals surface area contributed by atoms with E-state index in [0.717, 1.165) is 17.2 Å².